The van der Waals surface area contributed by atoms with Crippen LogP contribution < -0.4 is 5.73 Å². The molecule has 0 aliphatic carbocycles. The van der Waals surface area contributed by atoms with Crippen molar-refractivity contribution in [3.63, 3.8) is 0 Å². The van der Waals surface area contributed by atoms with Gasteiger partial charge >= 0.3 is 0 Å². The second kappa shape index (κ2) is 6.38. The number of hydrogen-bond donors (Lipinski definition) is 1. The van der Waals surface area contributed by atoms with Crippen LogP contribution in [0.15, 0.2) is 0 Å². The summed E-state index contributed by atoms with van der Waals surface area (Å²) >= 11 is 0. The molecule has 1 heterocycles. The summed E-state index contributed by atoms with van der Waals surface area (Å²) in [4.78, 5) is 4.98. The summed E-state index contributed by atoms with van der Waals surface area (Å²) in [6.45, 7) is 11.5. The highest BCUT2D eigenvalue weighted by Crippen LogP contribution is 2.07. The summed E-state index contributed by atoms with van der Waals surface area (Å²) in [5, 5.41) is 0. The quantitative estimate of drug-likeness (QED) is 0.709. The summed E-state index contributed by atoms with van der Waals surface area (Å²) in [7, 11) is 0. The molecule has 3 nitrogen and oxygen atoms in total. The van der Waals surface area contributed by atoms with E-state index in [-0.39, 0.29) is 0 Å². The third-order valence-corrected chi connectivity index (χ3v) is 3.17. The van der Waals surface area contributed by atoms with Gasteiger partial charge in [-0.2, -0.15) is 0 Å². The molecule has 0 radical (unpaired) electrons. The van der Waals surface area contributed by atoms with Crippen LogP contribution in [0.4, 0.5) is 0 Å². The van der Waals surface area contributed by atoms with Crippen molar-refractivity contribution in [3.05, 3.63) is 0 Å². The van der Waals surface area contributed by atoms with E-state index < -0.39 is 0 Å². The first-order valence-electron chi connectivity index (χ1n) is 5.96. The molecule has 2 N–H and O–H groups in total. The second-order valence-electron chi connectivity index (χ2n) is 4.23. The highest BCUT2D eigenvalue weighted by atomic mass is 15.2. The predicted molar refractivity (Wildman–Crippen MR) is 61.4 cm³/mol. The van der Waals surface area contributed by atoms with Gasteiger partial charge in [0.15, 0.2) is 0 Å². The van der Waals surface area contributed by atoms with E-state index in [1.54, 1.807) is 0 Å². The van der Waals surface area contributed by atoms with Crippen molar-refractivity contribution >= 4 is 0 Å². The van der Waals surface area contributed by atoms with Gasteiger partial charge < -0.3 is 15.5 Å². The van der Waals surface area contributed by atoms with Crippen molar-refractivity contribution < 1.29 is 0 Å². The Hall–Kier alpha value is -0.120. The first kappa shape index (κ1) is 12.0. The van der Waals surface area contributed by atoms with Crippen LogP contribution in [-0.4, -0.2) is 55.1 Å². The summed E-state index contributed by atoms with van der Waals surface area (Å²) in [6.07, 6.45) is 2.49. The van der Waals surface area contributed by atoms with Gasteiger partial charge in [0.05, 0.1) is 0 Å². The van der Waals surface area contributed by atoms with Gasteiger partial charge in [-0.3, -0.25) is 0 Å². The van der Waals surface area contributed by atoms with E-state index in [0.29, 0.717) is 6.04 Å². The Labute approximate surface area is 88.2 Å². The zero-order valence-electron chi connectivity index (χ0n) is 9.71. The van der Waals surface area contributed by atoms with E-state index in [0.717, 1.165) is 19.6 Å². The molecule has 0 bridgehead atoms. The molecule has 1 saturated heterocycles. The average Bonchev–Trinajstić information content (AvgIpc) is 2.19. The number of likely N-dealkylation sites (N-methyl/N-ethyl adjacent to an activating group) is 1. The van der Waals surface area contributed by atoms with Gasteiger partial charge in [0, 0.05) is 25.7 Å². The van der Waals surface area contributed by atoms with Gasteiger partial charge in [-0.25, -0.2) is 0 Å². The molecule has 1 atom stereocenters. The number of rotatable bonds is 5. The van der Waals surface area contributed by atoms with E-state index in [1.807, 2.05) is 0 Å². The highest BCUT2D eigenvalue weighted by Gasteiger charge is 2.16. The lowest BCUT2D eigenvalue weighted by atomic mass is 10.1. The number of piperidine rings is 1. The number of likely N-dealkylation sites (tertiary alicyclic amines) is 1. The Balaban J connectivity index is 2.16. The Kier molecular flexibility index (Phi) is 5.45. The van der Waals surface area contributed by atoms with Crippen molar-refractivity contribution in [2.75, 3.05) is 39.3 Å². The smallest absolute Gasteiger partial charge is 0.0168 e. The third kappa shape index (κ3) is 3.95. The maximum Gasteiger partial charge on any atom is 0.0168 e. The molecule has 1 aliphatic rings. The zero-order valence-corrected chi connectivity index (χ0v) is 9.71. The molecule has 84 valence electrons. The molecule has 14 heavy (non-hydrogen) atoms. The highest BCUT2D eigenvalue weighted by molar-refractivity contribution is 4.75. The number of hydrogen-bond acceptors (Lipinski definition) is 3. The van der Waals surface area contributed by atoms with Crippen LogP contribution in [0, 0.1) is 0 Å². The molecule has 1 rings (SSSR count). The van der Waals surface area contributed by atoms with E-state index in [1.165, 1.54) is 32.5 Å². The van der Waals surface area contributed by atoms with E-state index in [9.17, 15) is 0 Å². The lowest BCUT2D eigenvalue weighted by Gasteiger charge is -2.32. The SMILES string of the molecule is CCN(CC)CCN1CCCC(N)C1. The first-order valence-corrected chi connectivity index (χ1v) is 5.96. The van der Waals surface area contributed by atoms with Crippen LogP contribution in [0.25, 0.3) is 0 Å². The first-order chi connectivity index (χ1) is 6.76. The van der Waals surface area contributed by atoms with Crippen LogP contribution in [0.2, 0.25) is 0 Å². The molecule has 1 fully saturated rings. The predicted octanol–water partition coefficient (Wildman–Crippen LogP) is 0.751. The van der Waals surface area contributed by atoms with E-state index in [2.05, 4.69) is 23.6 Å². The van der Waals surface area contributed by atoms with Crippen molar-refractivity contribution in [2.45, 2.75) is 32.7 Å². The second-order valence-corrected chi connectivity index (χ2v) is 4.23. The third-order valence-electron chi connectivity index (χ3n) is 3.17. The van der Waals surface area contributed by atoms with Crippen molar-refractivity contribution in [1.29, 1.82) is 0 Å². The van der Waals surface area contributed by atoms with Gasteiger partial charge in [0.25, 0.3) is 0 Å². The summed E-state index contributed by atoms with van der Waals surface area (Å²) < 4.78 is 0. The molecule has 0 aromatic heterocycles. The van der Waals surface area contributed by atoms with Crippen LogP contribution in [0.5, 0.6) is 0 Å². The minimum atomic E-state index is 0.417. The minimum absolute atomic E-state index is 0.417. The largest absolute Gasteiger partial charge is 0.327 e. The van der Waals surface area contributed by atoms with E-state index >= 15 is 0 Å². The molecule has 0 aromatic rings. The molecule has 0 amide bonds. The molecule has 1 aliphatic heterocycles. The van der Waals surface area contributed by atoms with Crippen LogP contribution in [-0.2, 0) is 0 Å². The van der Waals surface area contributed by atoms with Crippen molar-refractivity contribution in [2.24, 2.45) is 5.73 Å². The molecule has 1 unspecified atom stereocenters. The van der Waals surface area contributed by atoms with Crippen LogP contribution >= 0.6 is 0 Å². The molecule has 0 aromatic carbocycles. The lowest BCUT2D eigenvalue weighted by molar-refractivity contribution is 0.176. The average molecular weight is 199 g/mol. The van der Waals surface area contributed by atoms with Crippen LogP contribution in [0.3, 0.4) is 0 Å². The molecular weight excluding hydrogens is 174 g/mol. The topological polar surface area (TPSA) is 32.5 Å². The maximum absolute atomic E-state index is 5.94. The normalized spacial score (nSPS) is 24.4. The summed E-state index contributed by atoms with van der Waals surface area (Å²) in [6, 6.07) is 0.417. The summed E-state index contributed by atoms with van der Waals surface area (Å²) in [5.41, 5.74) is 5.94. The van der Waals surface area contributed by atoms with Gasteiger partial charge in [-0.15, -0.1) is 0 Å². The van der Waals surface area contributed by atoms with Gasteiger partial charge in [0.2, 0.25) is 0 Å². The van der Waals surface area contributed by atoms with E-state index in [4.69, 9.17) is 5.73 Å². The maximum atomic E-state index is 5.94. The summed E-state index contributed by atoms with van der Waals surface area (Å²) in [5.74, 6) is 0. The zero-order chi connectivity index (χ0) is 10.4. The minimum Gasteiger partial charge on any atom is -0.327 e. The van der Waals surface area contributed by atoms with Crippen molar-refractivity contribution in [3.8, 4) is 0 Å². The number of nitrogens with two attached hydrogens (primary N) is 1. The van der Waals surface area contributed by atoms with Crippen LogP contribution in [0.1, 0.15) is 26.7 Å². The lowest BCUT2D eigenvalue weighted by Crippen LogP contribution is -2.45. The Morgan fingerprint density at radius 1 is 1.36 bits per heavy atom. The van der Waals surface area contributed by atoms with Crippen molar-refractivity contribution in [1.82, 2.24) is 9.80 Å². The Bertz CT molecular complexity index is 145. The monoisotopic (exact) mass is 199 g/mol. The Morgan fingerprint density at radius 2 is 2.07 bits per heavy atom. The van der Waals surface area contributed by atoms with Gasteiger partial charge in [-0.1, -0.05) is 13.8 Å². The van der Waals surface area contributed by atoms with Gasteiger partial charge in [0.1, 0.15) is 0 Å². The molecule has 0 spiro atoms. The molecular formula is C11H25N3. The Morgan fingerprint density at radius 3 is 2.64 bits per heavy atom. The fourth-order valence-corrected chi connectivity index (χ4v) is 2.12. The fraction of sp³-hybridized carbons (Fsp3) is 1.00. The molecule has 0 saturated carbocycles. The molecule has 3 heteroatoms. The van der Waals surface area contributed by atoms with Gasteiger partial charge in [-0.05, 0) is 32.5 Å². The number of nitrogens with zero attached hydrogens (tertiary/aromatic N) is 2. The standard InChI is InChI=1S/C11H25N3/c1-3-13(4-2)8-9-14-7-5-6-11(12)10-14/h11H,3-10,12H2,1-2H3. The fourth-order valence-electron chi connectivity index (χ4n) is 2.12.